The van der Waals surface area contributed by atoms with Gasteiger partial charge in [-0.1, -0.05) is 84.4 Å². The van der Waals surface area contributed by atoms with Gasteiger partial charge in [0.1, 0.15) is 5.75 Å². The molecule has 0 amide bonds. The Hall–Kier alpha value is -3.61. The third-order valence-corrected chi connectivity index (χ3v) is 6.11. The van der Waals surface area contributed by atoms with Crippen molar-refractivity contribution in [1.82, 2.24) is 0 Å². The van der Waals surface area contributed by atoms with Gasteiger partial charge >= 0.3 is 0 Å². The number of hydrogen-bond donors (Lipinski definition) is 0. The van der Waals surface area contributed by atoms with E-state index < -0.39 is 11.8 Å². The van der Waals surface area contributed by atoms with Crippen molar-refractivity contribution in [2.45, 2.75) is 18.3 Å². The molecule has 0 saturated heterocycles. The summed E-state index contributed by atoms with van der Waals surface area (Å²) in [6, 6.07) is 31.0. The van der Waals surface area contributed by atoms with Gasteiger partial charge in [-0.25, -0.2) is 0 Å². The van der Waals surface area contributed by atoms with Gasteiger partial charge in [0, 0.05) is 22.9 Å². The van der Waals surface area contributed by atoms with Crippen molar-refractivity contribution < 1.29 is 9.53 Å². The lowest BCUT2D eigenvalue weighted by atomic mass is 9.78. The minimum atomic E-state index is -0.522. The van der Waals surface area contributed by atoms with Crippen LogP contribution in [0, 0.1) is 11.3 Å². The Balaban J connectivity index is 1.74. The van der Waals surface area contributed by atoms with Gasteiger partial charge in [0.15, 0.2) is 5.78 Å². The summed E-state index contributed by atoms with van der Waals surface area (Å²) in [5.41, 5.74) is 2.25. The van der Waals surface area contributed by atoms with E-state index in [2.05, 4.69) is 6.07 Å². The third-order valence-electron chi connectivity index (χ3n) is 5.78. The molecule has 0 aliphatic heterocycles. The van der Waals surface area contributed by atoms with E-state index in [0.717, 1.165) is 21.9 Å². The molecule has 0 bridgehead atoms. The maximum Gasteiger partial charge on any atom is 0.163 e. The minimum absolute atomic E-state index is 0.0242. The number of hydrogen-bond acceptors (Lipinski definition) is 3. The van der Waals surface area contributed by atoms with Gasteiger partial charge in [-0.3, -0.25) is 4.79 Å². The number of fused-ring (bicyclic) bond motifs is 1. The summed E-state index contributed by atoms with van der Waals surface area (Å²) in [5, 5.41) is 12.7. The largest absolute Gasteiger partial charge is 0.497 e. The monoisotopic (exact) mass is 439 g/mol. The summed E-state index contributed by atoms with van der Waals surface area (Å²) in [5.74, 6) is -0.318. The molecular formula is C28H22ClNO2. The molecule has 0 fully saturated rings. The summed E-state index contributed by atoms with van der Waals surface area (Å²) in [6.45, 7) is 0. The van der Waals surface area contributed by atoms with Crippen molar-refractivity contribution in [1.29, 1.82) is 5.26 Å². The van der Waals surface area contributed by atoms with Gasteiger partial charge in [0.25, 0.3) is 0 Å². The second kappa shape index (κ2) is 9.68. The number of rotatable bonds is 7. The molecule has 2 atom stereocenters. The molecule has 0 radical (unpaired) electrons. The molecule has 0 aromatic heterocycles. The molecule has 158 valence electrons. The lowest BCUT2D eigenvalue weighted by Crippen LogP contribution is -2.15. The van der Waals surface area contributed by atoms with E-state index in [0.29, 0.717) is 16.3 Å². The maximum atomic E-state index is 13.4. The normalized spacial score (nSPS) is 12.7. The van der Waals surface area contributed by atoms with Gasteiger partial charge in [-0.15, -0.1) is 0 Å². The summed E-state index contributed by atoms with van der Waals surface area (Å²) < 4.78 is 5.28. The average molecular weight is 440 g/mol. The molecule has 0 saturated carbocycles. The number of ketones is 1. The van der Waals surface area contributed by atoms with E-state index in [1.807, 2.05) is 84.9 Å². The Morgan fingerprint density at radius 1 is 0.938 bits per heavy atom. The van der Waals surface area contributed by atoms with Crippen molar-refractivity contribution in [3.8, 4) is 11.8 Å². The number of carbonyl (C=O) groups is 1. The zero-order valence-electron chi connectivity index (χ0n) is 17.7. The fourth-order valence-electron chi connectivity index (χ4n) is 4.08. The summed E-state index contributed by atoms with van der Waals surface area (Å²) >= 11 is 6.60. The van der Waals surface area contributed by atoms with E-state index in [4.69, 9.17) is 16.3 Å². The SMILES string of the molecule is COc1ccc([C@H](CC(=O)c2ccc3ccccc3c2)[C@H](C#N)c2ccccc2)c(Cl)c1. The maximum absolute atomic E-state index is 13.4. The number of carbonyl (C=O) groups excluding carboxylic acids is 1. The second-order valence-corrected chi connectivity index (χ2v) is 8.11. The first kappa shape index (κ1) is 21.6. The van der Waals surface area contributed by atoms with Gasteiger partial charge in [-0.2, -0.15) is 5.26 Å². The number of benzene rings is 4. The van der Waals surface area contributed by atoms with Crippen LogP contribution < -0.4 is 4.74 Å². The van der Waals surface area contributed by atoms with Gasteiger partial charge in [0.2, 0.25) is 0 Å². The third kappa shape index (κ3) is 4.51. The first-order chi connectivity index (χ1) is 15.6. The van der Waals surface area contributed by atoms with Crippen LogP contribution in [0.5, 0.6) is 5.75 Å². The van der Waals surface area contributed by atoms with Crippen molar-refractivity contribution >= 4 is 28.2 Å². The minimum Gasteiger partial charge on any atom is -0.497 e. The van der Waals surface area contributed by atoms with E-state index in [-0.39, 0.29) is 12.2 Å². The molecule has 4 heteroatoms. The van der Waals surface area contributed by atoms with E-state index in [9.17, 15) is 10.1 Å². The summed E-state index contributed by atoms with van der Waals surface area (Å²) in [6.07, 6.45) is 0.164. The molecule has 0 aliphatic rings. The first-order valence-corrected chi connectivity index (χ1v) is 10.8. The number of methoxy groups -OCH3 is 1. The molecule has 3 nitrogen and oxygen atoms in total. The molecular weight excluding hydrogens is 418 g/mol. The molecule has 4 rings (SSSR count). The molecule has 4 aromatic rings. The fourth-order valence-corrected chi connectivity index (χ4v) is 4.39. The van der Waals surface area contributed by atoms with Gasteiger partial charge < -0.3 is 4.74 Å². The van der Waals surface area contributed by atoms with Crippen LogP contribution >= 0.6 is 11.6 Å². The number of Topliss-reactive ketones (excluding diaryl/α,β-unsaturated/α-hetero) is 1. The topological polar surface area (TPSA) is 50.1 Å². The Labute approximate surface area is 192 Å². The summed E-state index contributed by atoms with van der Waals surface area (Å²) in [4.78, 5) is 13.4. The zero-order valence-corrected chi connectivity index (χ0v) is 18.4. The van der Waals surface area contributed by atoms with Crippen molar-refractivity contribution in [2.75, 3.05) is 7.11 Å². The average Bonchev–Trinajstić information content (AvgIpc) is 2.84. The Kier molecular flexibility index (Phi) is 6.54. The van der Waals surface area contributed by atoms with Crippen molar-refractivity contribution in [3.05, 3.63) is 113 Å². The standard InChI is InChI=1S/C28H22ClNO2/c1-32-23-13-14-24(27(29)16-23)25(26(18-30)20-8-3-2-4-9-20)17-28(31)22-12-11-19-7-5-6-10-21(19)15-22/h2-16,25-26H,17H2,1H3/t25-,26+/m0/s1. The quantitative estimate of drug-likeness (QED) is 0.287. The predicted octanol–water partition coefficient (Wildman–Crippen LogP) is 7.17. The van der Waals surface area contributed by atoms with Crippen LogP contribution in [-0.4, -0.2) is 12.9 Å². The number of nitriles is 1. The van der Waals surface area contributed by atoms with Crippen LogP contribution in [-0.2, 0) is 0 Å². The highest BCUT2D eigenvalue weighted by atomic mass is 35.5. The first-order valence-electron chi connectivity index (χ1n) is 10.4. The molecule has 0 heterocycles. The number of halogens is 1. The highest BCUT2D eigenvalue weighted by Crippen LogP contribution is 2.40. The lowest BCUT2D eigenvalue weighted by molar-refractivity contribution is 0.0972. The Bertz CT molecular complexity index is 1290. The summed E-state index contributed by atoms with van der Waals surface area (Å²) in [7, 11) is 1.58. The highest BCUT2D eigenvalue weighted by Gasteiger charge is 2.29. The fraction of sp³-hybridized carbons (Fsp3) is 0.143. The molecule has 0 aliphatic carbocycles. The van der Waals surface area contributed by atoms with E-state index in [1.54, 1.807) is 13.2 Å². The lowest BCUT2D eigenvalue weighted by Gasteiger charge is -2.24. The Morgan fingerprint density at radius 2 is 1.66 bits per heavy atom. The molecule has 0 unspecified atom stereocenters. The van der Waals surface area contributed by atoms with Crippen LogP contribution in [0.1, 0.15) is 39.7 Å². The number of ether oxygens (including phenoxy) is 1. The highest BCUT2D eigenvalue weighted by molar-refractivity contribution is 6.31. The molecule has 0 spiro atoms. The van der Waals surface area contributed by atoms with E-state index in [1.165, 1.54) is 0 Å². The predicted molar refractivity (Wildman–Crippen MR) is 128 cm³/mol. The Morgan fingerprint density at radius 3 is 2.34 bits per heavy atom. The molecule has 4 aromatic carbocycles. The van der Waals surface area contributed by atoms with Crippen LogP contribution in [0.25, 0.3) is 10.8 Å². The van der Waals surface area contributed by atoms with Crippen LogP contribution in [0.15, 0.2) is 91.0 Å². The van der Waals surface area contributed by atoms with Gasteiger partial charge in [-0.05, 0) is 40.1 Å². The van der Waals surface area contributed by atoms with Crippen LogP contribution in [0.2, 0.25) is 5.02 Å². The van der Waals surface area contributed by atoms with Crippen LogP contribution in [0.3, 0.4) is 0 Å². The zero-order chi connectivity index (χ0) is 22.5. The van der Waals surface area contributed by atoms with Crippen molar-refractivity contribution in [2.24, 2.45) is 0 Å². The second-order valence-electron chi connectivity index (χ2n) is 7.70. The van der Waals surface area contributed by atoms with Crippen molar-refractivity contribution in [3.63, 3.8) is 0 Å². The smallest absolute Gasteiger partial charge is 0.163 e. The number of nitrogens with zero attached hydrogens (tertiary/aromatic N) is 1. The molecule has 32 heavy (non-hydrogen) atoms. The van der Waals surface area contributed by atoms with Crippen LogP contribution in [0.4, 0.5) is 0 Å². The van der Waals surface area contributed by atoms with E-state index >= 15 is 0 Å². The van der Waals surface area contributed by atoms with Gasteiger partial charge in [0.05, 0.1) is 19.1 Å². The molecule has 0 N–H and O–H groups in total.